The van der Waals surface area contributed by atoms with Crippen LogP contribution in [0.5, 0.6) is 0 Å². The Bertz CT molecular complexity index is 57.0. The predicted octanol–water partition coefficient (Wildman–Crippen LogP) is -0.0983. The van der Waals surface area contributed by atoms with Crippen molar-refractivity contribution in [1.29, 1.82) is 0 Å². The van der Waals surface area contributed by atoms with Crippen LogP contribution >= 0.6 is 0 Å². The fourth-order valence-corrected chi connectivity index (χ4v) is 0.690. The summed E-state index contributed by atoms with van der Waals surface area (Å²) in [5.41, 5.74) is 5.85. The summed E-state index contributed by atoms with van der Waals surface area (Å²) in [5, 5.41) is 3.26. The Kier molecular flexibility index (Phi) is 6.35. The van der Waals surface area contributed by atoms with Gasteiger partial charge in [-0.1, -0.05) is 6.92 Å². The van der Waals surface area contributed by atoms with Crippen molar-refractivity contribution in [2.75, 3.05) is 19.6 Å². The first kappa shape index (κ1) is 9.14. The molecule has 0 rings (SSSR count). The van der Waals surface area contributed by atoms with Crippen molar-refractivity contribution in [1.82, 2.24) is 5.32 Å². The van der Waals surface area contributed by atoms with E-state index in [9.17, 15) is 0 Å². The summed E-state index contributed by atoms with van der Waals surface area (Å²) in [6, 6.07) is 0. The molecule has 2 nitrogen and oxygen atoms in total. The summed E-state index contributed by atoms with van der Waals surface area (Å²) in [5.74, 6) is 0. The van der Waals surface area contributed by atoms with Crippen molar-refractivity contribution >= 4 is 10.2 Å². The second-order valence-electron chi connectivity index (χ2n) is 2.25. The Morgan fingerprint density at radius 1 is 1.67 bits per heavy atom. The van der Waals surface area contributed by atoms with Crippen LogP contribution in [0.1, 0.15) is 13.3 Å². The highest BCUT2D eigenvalue weighted by atomic mass is 28.1. The van der Waals surface area contributed by atoms with Gasteiger partial charge in [0.05, 0.1) is 0 Å². The van der Waals surface area contributed by atoms with E-state index < -0.39 is 0 Å². The van der Waals surface area contributed by atoms with Gasteiger partial charge in [-0.3, -0.25) is 0 Å². The summed E-state index contributed by atoms with van der Waals surface area (Å²) < 4.78 is 0. The van der Waals surface area contributed by atoms with Gasteiger partial charge in [-0.15, -0.1) is 0 Å². The number of rotatable bonds is 5. The molecule has 0 aliphatic rings. The van der Waals surface area contributed by atoms with Gasteiger partial charge >= 0.3 is 0 Å². The van der Waals surface area contributed by atoms with Gasteiger partial charge in [0.25, 0.3) is 0 Å². The molecule has 9 heavy (non-hydrogen) atoms. The van der Waals surface area contributed by atoms with E-state index in [2.05, 4.69) is 22.5 Å². The molecular formula is C6H15N2Si. The minimum Gasteiger partial charge on any atom is -0.330 e. The lowest BCUT2D eigenvalue weighted by atomic mass is 10.4. The second-order valence-corrected chi connectivity index (χ2v) is 3.23. The average molecular weight is 143 g/mol. The fourth-order valence-electron chi connectivity index (χ4n) is 0.546. The van der Waals surface area contributed by atoms with Crippen molar-refractivity contribution < 1.29 is 0 Å². The van der Waals surface area contributed by atoms with Gasteiger partial charge in [0, 0.05) is 10.2 Å². The number of nitrogens with one attached hydrogen (secondary N) is 1. The van der Waals surface area contributed by atoms with E-state index in [0.717, 1.165) is 26.1 Å². The Balaban J connectivity index is 2.75. The molecule has 0 aromatic rings. The summed E-state index contributed by atoms with van der Waals surface area (Å²) in [6.07, 6.45) is 1.07. The molecular weight excluding hydrogens is 128 g/mol. The van der Waals surface area contributed by atoms with Crippen LogP contribution in [-0.2, 0) is 0 Å². The molecule has 0 fully saturated rings. The Hall–Kier alpha value is 0.137. The molecule has 0 aromatic heterocycles. The largest absolute Gasteiger partial charge is 0.330 e. The monoisotopic (exact) mass is 143 g/mol. The molecule has 0 aliphatic carbocycles. The third-order valence-electron chi connectivity index (χ3n) is 1.01. The van der Waals surface area contributed by atoms with Crippen molar-refractivity contribution in [3.05, 3.63) is 0 Å². The molecule has 0 aromatic carbocycles. The number of hydrogen-bond acceptors (Lipinski definition) is 2. The average Bonchev–Trinajstić information content (AvgIpc) is 1.80. The van der Waals surface area contributed by atoms with E-state index in [1.54, 1.807) is 0 Å². The van der Waals surface area contributed by atoms with E-state index in [1.807, 2.05) is 0 Å². The Morgan fingerprint density at radius 3 is 2.78 bits per heavy atom. The van der Waals surface area contributed by atoms with Gasteiger partial charge in [0.15, 0.2) is 0 Å². The minimum absolute atomic E-state index is 0.558. The number of hydrogen-bond donors (Lipinski definition) is 2. The van der Waals surface area contributed by atoms with Crippen LogP contribution < -0.4 is 11.1 Å². The first-order valence-corrected chi connectivity index (χ1v) is 3.97. The smallest absolute Gasteiger partial charge is 0.0279 e. The maximum Gasteiger partial charge on any atom is 0.0279 e. The molecule has 0 heterocycles. The Labute approximate surface area is 60.6 Å². The highest BCUT2D eigenvalue weighted by Gasteiger charge is 1.90. The van der Waals surface area contributed by atoms with Crippen LogP contribution in [0.3, 0.4) is 0 Å². The zero-order valence-corrected chi connectivity index (χ0v) is 6.98. The van der Waals surface area contributed by atoms with Crippen LogP contribution in [0, 0.1) is 0 Å². The molecule has 53 valence electrons. The van der Waals surface area contributed by atoms with E-state index in [-0.39, 0.29) is 0 Å². The molecule has 3 radical (unpaired) electrons. The van der Waals surface area contributed by atoms with Crippen molar-refractivity contribution in [2.24, 2.45) is 5.73 Å². The van der Waals surface area contributed by atoms with Crippen molar-refractivity contribution in [3.8, 4) is 0 Å². The molecule has 0 bridgehead atoms. The third kappa shape index (κ3) is 8.14. The predicted molar refractivity (Wildman–Crippen MR) is 41.7 cm³/mol. The van der Waals surface area contributed by atoms with Crippen molar-refractivity contribution in [3.63, 3.8) is 0 Å². The quantitative estimate of drug-likeness (QED) is 0.417. The first-order valence-electron chi connectivity index (χ1n) is 3.39. The highest BCUT2D eigenvalue weighted by Crippen LogP contribution is 1.89. The molecule has 1 atom stereocenters. The summed E-state index contributed by atoms with van der Waals surface area (Å²) in [4.78, 5) is 0. The van der Waals surface area contributed by atoms with Gasteiger partial charge < -0.3 is 11.1 Å². The maximum absolute atomic E-state index is 5.29. The lowest BCUT2D eigenvalue weighted by Gasteiger charge is -2.04. The molecule has 0 aliphatic heterocycles. The van der Waals surface area contributed by atoms with Crippen molar-refractivity contribution in [2.45, 2.75) is 18.9 Å². The molecule has 0 saturated carbocycles. The first-order chi connectivity index (χ1) is 4.27. The van der Waals surface area contributed by atoms with E-state index in [0.29, 0.717) is 5.54 Å². The molecule has 1 unspecified atom stereocenters. The van der Waals surface area contributed by atoms with Gasteiger partial charge in [0.2, 0.25) is 0 Å². The lowest BCUT2D eigenvalue weighted by molar-refractivity contribution is 0.644. The summed E-state index contributed by atoms with van der Waals surface area (Å²) in [7, 11) is 3.48. The lowest BCUT2D eigenvalue weighted by Crippen LogP contribution is -2.21. The van der Waals surface area contributed by atoms with Gasteiger partial charge in [-0.05, 0) is 31.6 Å². The third-order valence-corrected chi connectivity index (χ3v) is 1.21. The normalized spacial score (nSPS) is 13.7. The molecule has 3 N–H and O–H groups in total. The van der Waals surface area contributed by atoms with E-state index in [1.165, 1.54) is 0 Å². The summed E-state index contributed by atoms with van der Waals surface area (Å²) >= 11 is 0. The zero-order valence-electron chi connectivity index (χ0n) is 5.98. The molecule has 0 amide bonds. The summed E-state index contributed by atoms with van der Waals surface area (Å²) in [6.45, 7) is 4.96. The van der Waals surface area contributed by atoms with Crippen LogP contribution in [0.2, 0.25) is 5.54 Å². The number of nitrogens with two attached hydrogens (primary N) is 1. The van der Waals surface area contributed by atoms with Crippen LogP contribution in [0.4, 0.5) is 0 Å². The highest BCUT2D eigenvalue weighted by molar-refractivity contribution is 6.11. The molecule has 0 saturated heterocycles. The standard InChI is InChI=1S/C6H15N2Si/c1-6(9)5-8-4-2-3-7/h6,8H,2-5,7H2,1H3. The molecule has 0 spiro atoms. The van der Waals surface area contributed by atoms with Crippen LogP contribution in [0.15, 0.2) is 0 Å². The van der Waals surface area contributed by atoms with Gasteiger partial charge in [-0.25, -0.2) is 0 Å². The second kappa shape index (κ2) is 6.26. The van der Waals surface area contributed by atoms with Crippen LogP contribution in [-0.4, -0.2) is 29.9 Å². The topological polar surface area (TPSA) is 38.0 Å². The minimum atomic E-state index is 0.558. The van der Waals surface area contributed by atoms with Gasteiger partial charge in [0.1, 0.15) is 0 Å². The van der Waals surface area contributed by atoms with E-state index in [4.69, 9.17) is 5.73 Å². The van der Waals surface area contributed by atoms with Gasteiger partial charge in [-0.2, -0.15) is 0 Å². The maximum atomic E-state index is 5.29. The SMILES string of the molecule is CC([Si])CNCCCN. The van der Waals surface area contributed by atoms with Crippen LogP contribution in [0.25, 0.3) is 0 Å². The molecule has 3 heteroatoms. The van der Waals surface area contributed by atoms with E-state index >= 15 is 0 Å². The fraction of sp³-hybridized carbons (Fsp3) is 1.00. The Morgan fingerprint density at radius 2 is 2.33 bits per heavy atom. The zero-order chi connectivity index (χ0) is 7.11.